The van der Waals surface area contributed by atoms with Crippen LogP contribution in [0.4, 0.5) is 0 Å². The van der Waals surface area contributed by atoms with Crippen LogP contribution in [-0.4, -0.2) is 25.8 Å². The summed E-state index contributed by atoms with van der Waals surface area (Å²) in [5, 5.41) is 0.879. The largest absolute Gasteiger partial charge is 0.341 e. The van der Waals surface area contributed by atoms with Crippen molar-refractivity contribution in [1.29, 1.82) is 0 Å². The number of nitrogens with one attached hydrogen (secondary N) is 1. The molecule has 6 heteroatoms. The standard InChI is InChI=1S/C7H8N4S2/c1-11-6(12)4-5(9-3-8-4)10-7(11)13-2/h3H,1-2H3,(H,8,9). The van der Waals surface area contributed by atoms with Gasteiger partial charge in [-0.1, -0.05) is 24.0 Å². The molecule has 0 aliphatic carbocycles. The van der Waals surface area contributed by atoms with Gasteiger partial charge in [0, 0.05) is 7.05 Å². The van der Waals surface area contributed by atoms with Gasteiger partial charge in [0.15, 0.2) is 10.8 Å². The smallest absolute Gasteiger partial charge is 0.183 e. The highest BCUT2D eigenvalue weighted by Crippen LogP contribution is 2.16. The topological polar surface area (TPSA) is 46.5 Å². The Morgan fingerprint density at radius 2 is 2.38 bits per heavy atom. The van der Waals surface area contributed by atoms with Crippen LogP contribution in [0.25, 0.3) is 11.2 Å². The van der Waals surface area contributed by atoms with E-state index in [1.165, 1.54) is 0 Å². The lowest BCUT2D eigenvalue weighted by Gasteiger charge is -2.04. The second-order valence-electron chi connectivity index (χ2n) is 2.56. The first-order valence-electron chi connectivity index (χ1n) is 3.68. The van der Waals surface area contributed by atoms with Gasteiger partial charge in [0.1, 0.15) is 10.2 Å². The average molecular weight is 212 g/mol. The Labute approximate surface area is 84.4 Å². The van der Waals surface area contributed by atoms with Crippen molar-refractivity contribution < 1.29 is 0 Å². The summed E-state index contributed by atoms with van der Waals surface area (Å²) in [6, 6.07) is 0. The highest BCUT2D eigenvalue weighted by atomic mass is 32.2. The van der Waals surface area contributed by atoms with Gasteiger partial charge in [0.25, 0.3) is 0 Å². The van der Waals surface area contributed by atoms with E-state index in [-0.39, 0.29) is 0 Å². The van der Waals surface area contributed by atoms with Crippen LogP contribution < -0.4 is 0 Å². The van der Waals surface area contributed by atoms with E-state index >= 15 is 0 Å². The first-order valence-corrected chi connectivity index (χ1v) is 5.31. The number of H-pyrrole nitrogens is 1. The Morgan fingerprint density at radius 1 is 1.62 bits per heavy atom. The van der Waals surface area contributed by atoms with Crippen LogP contribution in [0, 0.1) is 4.64 Å². The third kappa shape index (κ3) is 1.26. The molecule has 0 spiro atoms. The second-order valence-corrected chi connectivity index (χ2v) is 3.72. The van der Waals surface area contributed by atoms with Crippen molar-refractivity contribution in [2.75, 3.05) is 6.26 Å². The summed E-state index contributed by atoms with van der Waals surface area (Å²) in [7, 11) is 1.90. The Bertz CT molecular complexity index is 499. The molecule has 0 aromatic carbocycles. The van der Waals surface area contributed by atoms with E-state index in [4.69, 9.17) is 12.2 Å². The van der Waals surface area contributed by atoms with E-state index in [2.05, 4.69) is 15.0 Å². The Hall–Kier alpha value is -0.880. The highest BCUT2D eigenvalue weighted by Gasteiger charge is 2.05. The summed E-state index contributed by atoms with van der Waals surface area (Å²) < 4.78 is 2.62. The van der Waals surface area contributed by atoms with Crippen LogP contribution in [0.1, 0.15) is 0 Å². The highest BCUT2D eigenvalue weighted by molar-refractivity contribution is 7.98. The third-order valence-corrected chi connectivity index (χ3v) is 3.02. The van der Waals surface area contributed by atoms with Gasteiger partial charge in [-0.15, -0.1) is 0 Å². The Morgan fingerprint density at radius 3 is 3.08 bits per heavy atom. The van der Waals surface area contributed by atoms with E-state index in [9.17, 15) is 0 Å². The van der Waals surface area contributed by atoms with E-state index in [0.29, 0.717) is 5.65 Å². The zero-order valence-corrected chi connectivity index (χ0v) is 8.87. The first-order chi connectivity index (χ1) is 6.24. The lowest BCUT2D eigenvalue weighted by atomic mass is 10.5. The van der Waals surface area contributed by atoms with Crippen molar-refractivity contribution in [3.63, 3.8) is 0 Å². The minimum Gasteiger partial charge on any atom is -0.341 e. The summed E-state index contributed by atoms with van der Waals surface area (Å²) in [4.78, 5) is 11.4. The molecule has 0 aliphatic rings. The number of aromatic nitrogens is 4. The Balaban J connectivity index is 2.92. The number of fused-ring (bicyclic) bond motifs is 1. The monoisotopic (exact) mass is 212 g/mol. The van der Waals surface area contributed by atoms with Gasteiger partial charge in [-0.25, -0.2) is 9.97 Å². The zero-order chi connectivity index (χ0) is 9.42. The molecule has 0 fully saturated rings. The van der Waals surface area contributed by atoms with Crippen LogP contribution in [0.3, 0.4) is 0 Å². The van der Waals surface area contributed by atoms with Crippen LogP contribution in [0.15, 0.2) is 11.5 Å². The molecule has 1 N–H and O–H groups in total. The lowest BCUT2D eigenvalue weighted by Crippen LogP contribution is -2.00. The minimum absolute atomic E-state index is 0.687. The van der Waals surface area contributed by atoms with Crippen molar-refractivity contribution in [2.45, 2.75) is 5.16 Å². The maximum Gasteiger partial charge on any atom is 0.183 e. The van der Waals surface area contributed by atoms with Crippen molar-refractivity contribution in [1.82, 2.24) is 19.5 Å². The molecule has 0 saturated carbocycles. The maximum absolute atomic E-state index is 5.24. The van der Waals surface area contributed by atoms with Gasteiger partial charge in [0.05, 0.1) is 6.33 Å². The molecule has 4 nitrogen and oxygen atoms in total. The molecule has 13 heavy (non-hydrogen) atoms. The SMILES string of the molecule is CSc1nc2nc[nH]c2c(=S)n1C. The molecule has 2 heterocycles. The van der Waals surface area contributed by atoms with Gasteiger partial charge in [0.2, 0.25) is 0 Å². The van der Waals surface area contributed by atoms with Crippen molar-refractivity contribution in [2.24, 2.45) is 7.05 Å². The summed E-state index contributed by atoms with van der Waals surface area (Å²) >= 11 is 6.80. The number of aromatic amines is 1. The molecule has 2 aromatic heterocycles. The van der Waals surface area contributed by atoms with Crippen molar-refractivity contribution in [3.8, 4) is 0 Å². The van der Waals surface area contributed by atoms with Crippen molar-refractivity contribution in [3.05, 3.63) is 11.0 Å². The molecule has 2 rings (SSSR count). The molecular formula is C7H8N4S2. The van der Waals surface area contributed by atoms with Crippen LogP contribution in [0.5, 0.6) is 0 Å². The first kappa shape index (κ1) is 8.71. The quantitative estimate of drug-likeness (QED) is 0.444. The maximum atomic E-state index is 5.24. The Kier molecular flexibility index (Phi) is 2.09. The molecule has 0 aliphatic heterocycles. The third-order valence-electron chi connectivity index (χ3n) is 1.81. The molecular weight excluding hydrogens is 204 g/mol. The molecule has 0 amide bonds. The average Bonchev–Trinajstić information content (AvgIpc) is 2.59. The number of hydrogen-bond acceptors (Lipinski definition) is 4. The van der Waals surface area contributed by atoms with Crippen LogP contribution in [-0.2, 0) is 7.05 Å². The lowest BCUT2D eigenvalue weighted by molar-refractivity contribution is 0.742. The molecule has 2 aromatic rings. The summed E-state index contributed by atoms with van der Waals surface area (Å²) in [6.07, 6.45) is 3.58. The molecule has 0 atom stereocenters. The molecule has 0 unspecified atom stereocenters. The van der Waals surface area contributed by atoms with Crippen LogP contribution in [0.2, 0.25) is 0 Å². The van der Waals surface area contributed by atoms with E-state index in [1.54, 1.807) is 18.1 Å². The number of nitrogens with zero attached hydrogens (tertiary/aromatic N) is 3. The molecule has 0 saturated heterocycles. The van der Waals surface area contributed by atoms with E-state index in [0.717, 1.165) is 15.3 Å². The number of imidazole rings is 1. The normalized spacial score (nSPS) is 10.9. The van der Waals surface area contributed by atoms with Gasteiger partial charge in [-0.2, -0.15) is 0 Å². The fourth-order valence-corrected chi connectivity index (χ4v) is 1.97. The fraction of sp³-hybridized carbons (Fsp3) is 0.286. The number of hydrogen-bond donors (Lipinski definition) is 1. The predicted octanol–water partition coefficient (Wildman–Crippen LogP) is 1.75. The predicted molar refractivity (Wildman–Crippen MR) is 55.5 cm³/mol. The van der Waals surface area contributed by atoms with E-state index in [1.807, 2.05) is 17.9 Å². The number of thioether (sulfide) groups is 1. The molecule has 0 bridgehead atoms. The minimum atomic E-state index is 0.687. The number of rotatable bonds is 1. The van der Waals surface area contributed by atoms with Gasteiger partial charge >= 0.3 is 0 Å². The molecule has 68 valence electrons. The van der Waals surface area contributed by atoms with Gasteiger partial charge in [-0.05, 0) is 6.26 Å². The summed E-state index contributed by atoms with van der Waals surface area (Å²) in [6.45, 7) is 0. The van der Waals surface area contributed by atoms with E-state index < -0.39 is 0 Å². The fourth-order valence-electron chi connectivity index (χ4n) is 1.13. The van der Waals surface area contributed by atoms with Crippen molar-refractivity contribution >= 4 is 35.1 Å². The summed E-state index contributed by atoms with van der Waals surface area (Å²) in [5.41, 5.74) is 1.52. The zero-order valence-electron chi connectivity index (χ0n) is 7.24. The molecule has 0 radical (unpaired) electrons. The van der Waals surface area contributed by atoms with Crippen LogP contribution >= 0.6 is 24.0 Å². The summed E-state index contributed by atoms with van der Waals surface area (Å²) in [5.74, 6) is 0. The van der Waals surface area contributed by atoms with Gasteiger partial charge in [-0.3, -0.25) is 0 Å². The second kappa shape index (κ2) is 3.12. The van der Waals surface area contributed by atoms with Gasteiger partial charge < -0.3 is 9.55 Å².